The van der Waals surface area contributed by atoms with Crippen LogP contribution in [-0.2, 0) is 0 Å². The molecule has 0 unspecified atom stereocenters. The fraction of sp³-hybridized carbons (Fsp3) is 0.250. The Morgan fingerprint density at radius 2 is 1.96 bits per heavy atom. The number of halogens is 1. The van der Waals surface area contributed by atoms with E-state index in [1.54, 1.807) is 24.3 Å². The Hall–Kier alpha value is -2.91. The third kappa shape index (κ3) is 3.39. The van der Waals surface area contributed by atoms with E-state index in [4.69, 9.17) is 17.3 Å². The molecule has 3 rings (SSSR count). The van der Waals surface area contributed by atoms with Crippen LogP contribution in [0.3, 0.4) is 0 Å². The topological polar surface area (TPSA) is 141 Å². The minimum absolute atomic E-state index is 0.0432. The van der Waals surface area contributed by atoms with Crippen molar-refractivity contribution in [1.82, 2.24) is 20.4 Å². The van der Waals surface area contributed by atoms with Gasteiger partial charge in [0.05, 0.1) is 12.1 Å². The largest absolute Gasteiger partial charge is 0.394 e. The van der Waals surface area contributed by atoms with Crippen LogP contribution >= 0.6 is 11.6 Å². The molecule has 1 aromatic carbocycles. The highest BCUT2D eigenvalue weighted by atomic mass is 35.5. The lowest BCUT2D eigenvalue weighted by Gasteiger charge is -2.49. The van der Waals surface area contributed by atoms with Gasteiger partial charge in [-0.1, -0.05) is 11.6 Å². The Balaban J connectivity index is 1.64. The molecular weight excluding hydrogens is 362 g/mol. The summed E-state index contributed by atoms with van der Waals surface area (Å²) in [7, 11) is 0. The maximum Gasteiger partial charge on any atom is 0.272 e. The van der Waals surface area contributed by atoms with E-state index in [2.05, 4.69) is 15.5 Å². The first-order valence-electron chi connectivity index (χ1n) is 7.67. The molecule has 2 heterocycles. The Labute approximate surface area is 153 Å². The third-order valence-corrected chi connectivity index (χ3v) is 4.37. The summed E-state index contributed by atoms with van der Waals surface area (Å²) in [6, 6.07) is 7.58. The van der Waals surface area contributed by atoms with E-state index >= 15 is 0 Å². The van der Waals surface area contributed by atoms with Gasteiger partial charge in [-0.15, -0.1) is 0 Å². The number of aliphatic hydroxyl groups is 1. The second-order valence-corrected chi connectivity index (χ2v) is 6.53. The van der Waals surface area contributed by atoms with Crippen molar-refractivity contribution in [2.24, 2.45) is 5.73 Å². The number of aromatic amines is 1. The average Bonchev–Trinajstić information content (AvgIpc) is 3.08. The fourth-order valence-corrected chi connectivity index (χ4v) is 2.81. The number of benzene rings is 1. The molecular formula is C16H16ClN5O4. The molecule has 1 fully saturated rings. The van der Waals surface area contributed by atoms with Gasteiger partial charge in [0.1, 0.15) is 5.69 Å². The van der Waals surface area contributed by atoms with Crippen molar-refractivity contribution in [3.63, 3.8) is 0 Å². The Morgan fingerprint density at radius 3 is 2.50 bits per heavy atom. The zero-order valence-electron chi connectivity index (χ0n) is 13.5. The Morgan fingerprint density at radius 1 is 1.31 bits per heavy atom. The van der Waals surface area contributed by atoms with Crippen LogP contribution in [-0.4, -0.2) is 63.2 Å². The highest BCUT2D eigenvalue weighted by molar-refractivity contribution is 6.30. The van der Waals surface area contributed by atoms with Gasteiger partial charge in [-0.2, -0.15) is 5.10 Å². The van der Waals surface area contributed by atoms with Gasteiger partial charge in [-0.25, -0.2) is 0 Å². The average molecular weight is 378 g/mol. The molecule has 0 aliphatic carbocycles. The number of likely N-dealkylation sites (tertiary alicyclic amines) is 1. The standard InChI is InChI=1S/C16H16ClN5O4/c17-10-3-1-9(2-4-10)14(25)19-16(8-23)6-22(7-16)15(26)12-5-11(13(18)24)20-21-12/h1-5,23H,6-8H2,(H2,18,24)(H,19,25)(H,20,21). The van der Waals surface area contributed by atoms with Crippen molar-refractivity contribution in [3.05, 3.63) is 52.3 Å². The monoisotopic (exact) mass is 377 g/mol. The van der Waals surface area contributed by atoms with Gasteiger partial charge in [0.15, 0.2) is 5.69 Å². The van der Waals surface area contributed by atoms with Crippen LogP contribution < -0.4 is 11.1 Å². The number of amides is 3. The van der Waals surface area contributed by atoms with E-state index in [-0.39, 0.29) is 37.0 Å². The quantitative estimate of drug-likeness (QED) is 0.570. The summed E-state index contributed by atoms with van der Waals surface area (Å²) in [6.07, 6.45) is 0. The number of hydrogen-bond acceptors (Lipinski definition) is 5. The van der Waals surface area contributed by atoms with Gasteiger partial charge in [0, 0.05) is 29.7 Å². The molecule has 26 heavy (non-hydrogen) atoms. The van der Waals surface area contributed by atoms with E-state index in [0.29, 0.717) is 10.6 Å². The number of aromatic nitrogens is 2. The van der Waals surface area contributed by atoms with E-state index in [0.717, 1.165) is 0 Å². The van der Waals surface area contributed by atoms with Crippen molar-refractivity contribution in [2.45, 2.75) is 5.54 Å². The van der Waals surface area contributed by atoms with Crippen molar-refractivity contribution in [3.8, 4) is 0 Å². The first-order chi connectivity index (χ1) is 12.3. The molecule has 3 amide bonds. The van der Waals surface area contributed by atoms with Crippen LogP contribution in [0.4, 0.5) is 0 Å². The summed E-state index contributed by atoms with van der Waals surface area (Å²) in [6.45, 7) is -0.0925. The van der Waals surface area contributed by atoms with Crippen LogP contribution in [0.2, 0.25) is 5.02 Å². The normalized spacial score (nSPS) is 15.2. The van der Waals surface area contributed by atoms with E-state index < -0.39 is 17.4 Å². The minimum atomic E-state index is -0.932. The van der Waals surface area contributed by atoms with Gasteiger partial charge < -0.3 is 21.1 Å². The van der Waals surface area contributed by atoms with Crippen molar-refractivity contribution < 1.29 is 19.5 Å². The van der Waals surface area contributed by atoms with Gasteiger partial charge in [0.2, 0.25) is 0 Å². The smallest absolute Gasteiger partial charge is 0.272 e. The molecule has 0 saturated carbocycles. The number of nitrogens with one attached hydrogen (secondary N) is 2. The SMILES string of the molecule is NC(=O)c1cc(C(=O)N2CC(CO)(NC(=O)c3ccc(Cl)cc3)C2)[nH]n1. The zero-order chi connectivity index (χ0) is 18.9. The molecule has 0 spiro atoms. The first kappa shape index (κ1) is 17.9. The molecule has 10 heteroatoms. The summed E-state index contributed by atoms with van der Waals surface area (Å²) in [5, 5.41) is 19.0. The molecule has 0 bridgehead atoms. The Bertz CT molecular complexity index is 858. The molecule has 2 aromatic rings. The zero-order valence-corrected chi connectivity index (χ0v) is 14.3. The van der Waals surface area contributed by atoms with Gasteiger partial charge >= 0.3 is 0 Å². The lowest BCUT2D eigenvalue weighted by molar-refractivity contribution is 0.00479. The number of aliphatic hydroxyl groups excluding tert-OH is 1. The molecule has 0 radical (unpaired) electrons. The number of carbonyl (C=O) groups is 3. The number of H-pyrrole nitrogens is 1. The summed E-state index contributed by atoms with van der Waals surface area (Å²) in [5.41, 5.74) is 4.62. The van der Waals surface area contributed by atoms with E-state index in [1.165, 1.54) is 11.0 Å². The van der Waals surface area contributed by atoms with Crippen LogP contribution in [0.1, 0.15) is 31.3 Å². The van der Waals surface area contributed by atoms with Crippen molar-refractivity contribution in [2.75, 3.05) is 19.7 Å². The number of rotatable bonds is 5. The van der Waals surface area contributed by atoms with Crippen molar-refractivity contribution in [1.29, 1.82) is 0 Å². The van der Waals surface area contributed by atoms with Crippen LogP contribution in [0, 0.1) is 0 Å². The predicted molar refractivity (Wildman–Crippen MR) is 91.7 cm³/mol. The van der Waals surface area contributed by atoms with Gasteiger partial charge in [-0.3, -0.25) is 19.5 Å². The summed E-state index contributed by atoms with van der Waals surface area (Å²) >= 11 is 5.80. The van der Waals surface area contributed by atoms with Crippen LogP contribution in [0.5, 0.6) is 0 Å². The van der Waals surface area contributed by atoms with Crippen LogP contribution in [0.15, 0.2) is 30.3 Å². The van der Waals surface area contributed by atoms with Crippen molar-refractivity contribution >= 4 is 29.3 Å². The molecule has 1 aliphatic rings. The lowest BCUT2D eigenvalue weighted by Crippen LogP contribution is -2.73. The predicted octanol–water partition coefficient (Wildman–Crippen LogP) is -0.221. The van der Waals surface area contributed by atoms with Gasteiger partial charge in [0.25, 0.3) is 17.7 Å². The van der Waals surface area contributed by atoms with E-state index in [1.807, 2.05) is 0 Å². The second kappa shape index (κ2) is 6.77. The molecule has 5 N–H and O–H groups in total. The minimum Gasteiger partial charge on any atom is -0.394 e. The highest BCUT2D eigenvalue weighted by Crippen LogP contribution is 2.23. The molecule has 1 aromatic heterocycles. The van der Waals surface area contributed by atoms with E-state index in [9.17, 15) is 19.5 Å². The summed E-state index contributed by atoms with van der Waals surface area (Å²) in [4.78, 5) is 37.1. The maximum atomic E-state index is 12.4. The third-order valence-electron chi connectivity index (χ3n) is 4.12. The van der Waals surface area contributed by atoms with Gasteiger partial charge in [-0.05, 0) is 24.3 Å². The number of nitrogens with zero attached hydrogens (tertiary/aromatic N) is 2. The molecule has 1 saturated heterocycles. The van der Waals surface area contributed by atoms with Crippen LogP contribution in [0.25, 0.3) is 0 Å². The summed E-state index contributed by atoms with van der Waals surface area (Å²) < 4.78 is 0. The number of hydrogen-bond donors (Lipinski definition) is 4. The first-order valence-corrected chi connectivity index (χ1v) is 8.05. The molecule has 136 valence electrons. The molecule has 0 atom stereocenters. The molecule has 9 nitrogen and oxygen atoms in total. The number of nitrogens with two attached hydrogens (primary N) is 1. The fourth-order valence-electron chi connectivity index (χ4n) is 2.69. The maximum absolute atomic E-state index is 12.4. The number of primary amides is 1. The highest BCUT2D eigenvalue weighted by Gasteiger charge is 2.46. The Kier molecular flexibility index (Phi) is 4.66. The molecule has 1 aliphatic heterocycles. The number of carbonyl (C=O) groups excluding carboxylic acids is 3. The lowest BCUT2D eigenvalue weighted by atomic mass is 9.89. The second-order valence-electron chi connectivity index (χ2n) is 6.09. The summed E-state index contributed by atoms with van der Waals surface area (Å²) in [5.74, 6) is -1.53.